The second kappa shape index (κ2) is 8.74. The second-order valence-corrected chi connectivity index (χ2v) is 7.23. The molecule has 3 rings (SSSR count). The fraction of sp³-hybridized carbons (Fsp3) is 0.389. The van der Waals surface area contributed by atoms with E-state index in [1.807, 2.05) is 12.1 Å². The van der Waals surface area contributed by atoms with Crippen LogP contribution in [0.3, 0.4) is 0 Å². The summed E-state index contributed by atoms with van der Waals surface area (Å²) in [4.78, 5) is 14.5. The Morgan fingerprint density at radius 2 is 2.16 bits per heavy atom. The van der Waals surface area contributed by atoms with Crippen molar-refractivity contribution in [3.8, 4) is 5.75 Å². The van der Waals surface area contributed by atoms with E-state index in [4.69, 9.17) is 20.8 Å². The number of likely N-dealkylation sites (tertiary alicyclic amines) is 1. The monoisotopic (exact) mass is 426 g/mol. The highest BCUT2D eigenvalue weighted by Gasteiger charge is 2.25. The van der Waals surface area contributed by atoms with Crippen LogP contribution in [0.4, 0.5) is 0 Å². The minimum Gasteiger partial charge on any atom is -0.483 e. The molecule has 5 nitrogen and oxygen atoms in total. The average molecular weight is 428 g/mol. The van der Waals surface area contributed by atoms with Gasteiger partial charge in [0.05, 0.1) is 16.8 Å². The Balaban J connectivity index is 1.53. The average Bonchev–Trinajstić information content (AvgIpc) is 3.28. The number of hydrogen-bond donors (Lipinski definition) is 1. The van der Waals surface area contributed by atoms with E-state index in [9.17, 15) is 4.79 Å². The number of carbonyl (C=O) groups is 1. The normalized spacial score (nSPS) is 15.9. The lowest BCUT2D eigenvalue weighted by atomic mass is 10.2. The van der Waals surface area contributed by atoms with Gasteiger partial charge in [-0.1, -0.05) is 11.6 Å². The van der Waals surface area contributed by atoms with Crippen molar-refractivity contribution in [2.45, 2.75) is 18.9 Å². The summed E-state index contributed by atoms with van der Waals surface area (Å²) in [7, 11) is 0. The van der Waals surface area contributed by atoms with Crippen LogP contribution < -0.4 is 10.1 Å². The molecule has 1 saturated heterocycles. The first-order chi connectivity index (χ1) is 12.1. The number of carbonyl (C=O) groups excluding carboxylic acids is 1. The number of nitrogens with one attached hydrogen (secondary N) is 1. The molecule has 2 aromatic rings. The molecule has 134 valence electrons. The summed E-state index contributed by atoms with van der Waals surface area (Å²) in [6.45, 7) is 2.49. The molecule has 0 radical (unpaired) electrons. The number of amides is 1. The summed E-state index contributed by atoms with van der Waals surface area (Å²) in [5.41, 5.74) is 0. The maximum atomic E-state index is 12.2. The second-order valence-electron chi connectivity index (χ2n) is 5.94. The minimum atomic E-state index is -0.169. The molecule has 7 heteroatoms. The fourth-order valence-corrected chi connectivity index (χ4v) is 3.74. The first-order valence-corrected chi connectivity index (χ1v) is 9.42. The Labute approximate surface area is 160 Å². The lowest BCUT2D eigenvalue weighted by molar-refractivity contribution is -0.123. The van der Waals surface area contributed by atoms with Gasteiger partial charge in [-0.2, -0.15) is 0 Å². The lowest BCUT2D eigenvalue weighted by Crippen LogP contribution is -2.38. The SMILES string of the molecule is O=C(COc1ccc(Cl)cc1Br)NC[C@H](c1ccco1)N1CCCC1. The van der Waals surface area contributed by atoms with Crippen LogP contribution in [0.15, 0.2) is 45.5 Å². The maximum absolute atomic E-state index is 12.2. The van der Waals surface area contributed by atoms with Crippen molar-refractivity contribution in [1.82, 2.24) is 10.2 Å². The maximum Gasteiger partial charge on any atom is 0.258 e. The number of nitrogens with zero attached hydrogens (tertiary/aromatic N) is 1. The van der Waals surface area contributed by atoms with Crippen molar-refractivity contribution in [1.29, 1.82) is 0 Å². The number of ether oxygens (including phenoxy) is 1. The van der Waals surface area contributed by atoms with Crippen LogP contribution in [0, 0.1) is 0 Å². The van der Waals surface area contributed by atoms with Gasteiger partial charge in [0.25, 0.3) is 5.91 Å². The van der Waals surface area contributed by atoms with Crippen LogP contribution >= 0.6 is 27.5 Å². The number of hydrogen-bond acceptors (Lipinski definition) is 4. The van der Waals surface area contributed by atoms with E-state index in [2.05, 4.69) is 26.1 Å². The van der Waals surface area contributed by atoms with Gasteiger partial charge < -0.3 is 14.5 Å². The third-order valence-electron chi connectivity index (χ3n) is 4.20. The summed E-state index contributed by atoms with van der Waals surface area (Å²) in [5.74, 6) is 1.29. The quantitative estimate of drug-likeness (QED) is 0.725. The topological polar surface area (TPSA) is 54.7 Å². The Kier molecular flexibility index (Phi) is 6.39. The molecular formula is C18H20BrClN2O3. The molecular weight excluding hydrogens is 408 g/mol. The van der Waals surface area contributed by atoms with Crippen molar-refractivity contribution in [2.24, 2.45) is 0 Å². The van der Waals surface area contributed by atoms with Crippen molar-refractivity contribution >= 4 is 33.4 Å². The molecule has 1 amide bonds. The molecule has 0 saturated carbocycles. The van der Waals surface area contributed by atoms with Gasteiger partial charge in [-0.25, -0.2) is 0 Å². The molecule has 25 heavy (non-hydrogen) atoms. The highest BCUT2D eigenvalue weighted by molar-refractivity contribution is 9.10. The zero-order valence-corrected chi connectivity index (χ0v) is 16.1. The molecule has 1 N–H and O–H groups in total. The van der Waals surface area contributed by atoms with Gasteiger partial charge in [0.1, 0.15) is 11.5 Å². The van der Waals surface area contributed by atoms with E-state index >= 15 is 0 Å². The number of furan rings is 1. The molecule has 2 heterocycles. The highest BCUT2D eigenvalue weighted by Crippen LogP contribution is 2.28. The lowest BCUT2D eigenvalue weighted by Gasteiger charge is -2.26. The first kappa shape index (κ1) is 18.3. The van der Waals surface area contributed by atoms with Gasteiger partial charge in [-0.15, -0.1) is 0 Å². The minimum absolute atomic E-state index is 0.0505. The van der Waals surface area contributed by atoms with Crippen molar-refractivity contribution in [3.63, 3.8) is 0 Å². The first-order valence-electron chi connectivity index (χ1n) is 8.25. The van der Waals surface area contributed by atoms with E-state index in [1.54, 1.807) is 24.5 Å². The number of benzene rings is 1. The number of halogens is 2. The van der Waals surface area contributed by atoms with Crippen LogP contribution in [-0.2, 0) is 4.79 Å². The molecule has 1 aromatic carbocycles. The molecule has 0 unspecified atom stereocenters. The van der Waals surface area contributed by atoms with Crippen molar-refractivity contribution in [3.05, 3.63) is 51.9 Å². The third kappa shape index (κ3) is 5.00. The van der Waals surface area contributed by atoms with Crippen LogP contribution in [0.1, 0.15) is 24.6 Å². The molecule has 1 aromatic heterocycles. The van der Waals surface area contributed by atoms with Crippen LogP contribution in [0.25, 0.3) is 0 Å². The van der Waals surface area contributed by atoms with E-state index in [0.29, 0.717) is 17.3 Å². The summed E-state index contributed by atoms with van der Waals surface area (Å²) in [5, 5.41) is 3.55. The summed E-state index contributed by atoms with van der Waals surface area (Å²) < 4.78 is 11.8. The Morgan fingerprint density at radius 1 is 1.36 bits per heavy atom. The molecule has 0 aliphatic carbocycles. The zero-order chi connectivity index (χ0) is 17.6. The molecule has 0 bridgehead atoms. The van der Waals surface area contributed by atoms with E-state index < -0.39 is 0 Å². The van der Waals surface area contributed by atoms with Crippen LogP contribution in [0.2, 0.25) is 5.02 Å². The van der Waals surface area contributed by atoms with Crippen molar-refractivity contribution < 1.29 is 13.9 Å². The molecule has 1 aliphatic rings. The van der Waals surface area contributed by atoms with Gasteiger partial charge in [0, 0.05) is 11.6 Å². The zero-order valence-electron chi connectivity index (χ0n) is 13.7. The van der Waals surface area contributed by atoms with Gasteiger partial charge in [0.2, 0.25) is 0 Å². The summed E-state index contributed by atoms with van der Waals surface area (Å²) in [6, 6.07) is 9.08. The van der Waals surface area contributed by atoms with Crippen molar-refractivity contribution in [2.75, 3.05) is 26.2 Å². The van der Waals surface area contributed by atoms with Gasteiger partial charge in [0.15, 0.2) is 6.61 Å². The molecule has 1 fully saturated rings. The molecule has 0 spiro atoms. The highest BCUT2D eigenvalue weighted by atomic mass is 79.9. The Bertz CT molecular complexity index is 702. The Hall–Kier alpha value is -1.50. The molecule has 1 atom stereocenters. The number of rotatable bonds is 7. The van der Waals surface area contributed by atoms with Gasteiger partial charge >= 0.3 is 0 Å². The molecule has 1 aliphatic heterocycles. The van der Waals surface area contributed by atoms with E-state index in [-0.39, 0.29) is 18.6 Å². The standard InChI is InChI=1S/C18H20BrClN2O3/c19-14-10-13(20)5-6-16(14)25-12-18(23)21-11-15(17-4-3-9-24-17)22-7-1-2-8-22/h3-6,9-10,15H,1-2,7-8,11-12H2,(H,21,23)/t15-/m1/s1. The largest absolute Gasteiger partial charge is 0.483 e. The smallest absolute Gasteiger partial charge is 0.258 e. The van der Waals surface area contributed by atoms with Gasteiger partial charge in [-0.3, -0.25) is 9.69 Å². The summed E-state index contributed by atoms with van der Waals surface area (Å²) >= 11 is 9.27. The fourth-order valence-electron chi connectivity index (χ4n) is 2.94. The predicted octanol–water partition coefficient (Wildman–Crippen LogP) is 4.03. The van der Waals surface area contributed by atoms with Crippen LogP contribution in [-0.4, -0.2) is 37.0 Å². The van der Waals surface area contributed by atoms with Crippen LogP contribution in [0.5, 0.6) is 5.75 Å². The summed E-state index contributed by atoms with van der Waals surface area (Å²) in [6.07, 6.45) is 4.03. The van der Waals surface area contributed by atoms with E-state index in [0.717, 1.165) is 23.3 Å². The van der Waals surface area contributed by atoms with Gasteiger partial charge in [-0.05, 0) is 72.2 Å². The predicted molar refractivity (Wildman–Crippen MR) is 99.9 cm³/mol. The Morgan fingerprint density at radius 3 is 2.84 bits per heavy atom. The third-order valence-corrected chi connectivity index (χ3v) is 5.05. The van der Waals surface area contributed by atoms with E-state index in [1.165, 1.54) is 12.8 Å².